The van der Waals surface area contributed by atoms with Crippen molar-refractivity contribution in [1.82, 2.24) is 9.88 Å². The summed E-state index contributed by atoms with van der Waals surface area (Å²) in [5.41, 5.74) is 1.51. The molecule has 1 aromatic heterocycles. The van der Waals surface area contributed by atoms with E-state index in [4.69, 9.17) is 0 Å². The zero-order chi connectivity index (χ0) is 15.4. The monoisotopic (exact) mass is 305 g/mol. The van der Waals surface area contributed by atoms with Crippen LogP contribution in [0.1, 0.15) is 11.9 Å². The summed E-state index contributed by atoms with van der Waals surface area (Å²) in [4.78, 5) is 27.6. The summed E-state index contributed by atoms with van der Waals surface area (Å²) in [6.45, 7) is 2.13. The van der Waals surface area contributed by atoms with Crippen LogP contribution in [0.3, 0.4) is 0 Å². The highest BCUT2D eigenvalue weighted by molar-refractivity contribution is 7.09. The van der Waals surface area contributed by atoms with E-state index >= 15 is 0 Å². The Hall–Kier alpha value is -2.28. The zero-order valence-corrected chi connectivity index (χ0v) is 12.6. The predicted octanol–water partition coefficient (Wildman–Crippen LogP) is 2.74. The molecule has 0 unspecified atom stereocenters. The van der Waals surface area contributed by atoms with Crippen molar-refractivity contribution in [2.45, 2.75) is 13.3 Å². The van der Waals surface area contributed by atoms with Crippen LogP contribution in [0.5, 0.6) is 0 Å². The van der Waals surface area contributed by atoms with Gasteiger partial charge in [-0.05, 0) is 0 Å². The average molecular weight is 305 g/mol. The molecule has 2 rings (SSSR count). The summed E-state index contributed by atoms with van der Waals surface area (Å²) in [6.07, 6.45) is 0.676. The first-order valence-corrected chi connectivity index (χ1v) is 7.26. The van der Waals surface area contributed by atoms with Crippen molar-refractivity contribution in [2.24, 2.45) is 0 Å². The fourth-order valence-corrected chi connectivity index (χ4v) is 2.55. The third-order valence-corrected chi connectivity index (χ3v) is 4.01. The summed E-state index contributed by atoms with van der Waals surface area (Å²) in [5, 5.41) is 13.6. The predicted molar refractivity (Wildman–Crippen MR) is 81.2 cm³/mol. The number of carbonyl (C=O) groups is 1. The maximum absolute atomic E-state index is 11.1. The Morgan fingerprint density at radius 3 is 2.90 bits per heavy atom. The van der Waals surface area contributed by atoms with Gasteiger partial charge in [-0.25, -0.2) is 4.98 Å². The summed E-state index contributed by atoms with van der Waals surface area (Å²) < 4.78 is 0. The molecule has 0 atom stereocenters. The molecule has 1 aromatic carbocycles. The highest BCUT2D eigenvalue weighted by Gasteiger charge is 2.10. The van der Waals surface area contributed by atoms with Gasteiger partial charge in [0, 0.05) is 50.0 Å². The molecular weight excluding hydrogens is 290 g/mol. The second kappa shape index (κ2) is 6.45. The molecule has 0 saturated heterocycles. The number of nitro groups is 1. The van der Waals surface area contributed by atoms with Gasteiger partial charge in [0.25, 0.3) is 5.69 Å². The number of carbonyl (C=O) groups excluding carboxylic acids is 1. The minimum atomic E-state index is -0.418. The molecule has 0 aliphatic heterocycles. The van der Waals surface area contributed by atoms with Crippen LogP contribution < -0.4 is 0 Å². The smallest absolute Gasteiger partial charge is 0.270 e. The van der Waals surface area contributed by atoms with E-state index in [1.807, 2.05) is 5.38 Å². The van der Waals surface area contributed by atoms with Crippen LogP contribution in [0, 0.1) is 10.1 Å². The normalized spacial score (nSPS) is 10.4. The number of nitrogens with zero attached hydrogens (tertiary/aromatic N) is 3. The van der Waals surface area contributed by atoms with Crippen molar-refractivity contribution in [1.29, 1.82) is 0 Å². The number of nitro benzene ring substituents is 1. The lowest BCUT2D eigenvalue weighted by Crippen LogP contribution is -2.26. The molecule has 1 heterocycles. The Balaban J connectivity index is 2.11. The molecule has 0 N–H and O–H groups in total. The van der Waals surface area contributed by atoms with E-state index in [1.54, 1.807) is 24.1 Å². The molecule has 0 aliphatic rings. The van der Waals surface area contributed by atoms with Gasteiger partial charge in [0.05, 0.1) is 15.6 Å². The first-order chi connectivity index (χ1) is 9.97. The molecule has 0 spiro atoms. The number of likely N-dealkylation sites (N-methyl/N-ethyl adjacent to an activating group) is 1. The Kier molecular flexibility index (Phi) is 4.64. The van der Waals surface area contributed by atoms with Crippen LogP contribution in [-0.2, 0) is 11.2 Å². The topological polar surface area (TPSA) is 76.3 Å². The summed E-state index contributed by atoms with van der Waals surface area (Å²) in [6, 6.07) is 6.42. The molecule has 1 amide bonds. The first-order valence-electron chi connectivity index (χ1n) is 6.38. The van der Waals surface area contributed by atoms with Crippen LogP contribution in [0.4, 0.5) is 5.69 Å². The Bertz CT molecular complexity index is 669. The van der Waals surface area contributed by atoms with E-state index in [-0.39, 0.29) is 11.6 Å². The molecule has 0 radical (unpaired) electrons. The standard InChI is InChI=1S/C14H15N3O3S/c1-10(18)16(2)7-6-14-15-13(9-21-14)11-4-3-5-12(8-11)17(19)20/h3-5,8-9H,6-7H2,1-2H3. The van der Waals surface area contributed by atoms with E-state index in [2.05, 4.69) is 4.98 Å². The fraction of sp³-hybridized carbons (Fsp3) is 0.286. The van der Waals surface area contributed by atoms with Crippen molar-refractivity contribution in [3.05, 3.63) is 44.8 Å². The lowest BCUT2D eigenvalue weighted by Gasteiger charge is -2.12. The van der Waals surface area contributed by atoms with Crippen molar-refractivity contribution in [3.8, 4) is 11.3 Å². The largest absolute Gasteiger partial charge is 0.346 e. The number of amides is 1. The number of benzene rings is 1. The Morgan fingerprint density at radius 2 is 2.24 bits per heavy atom. The molecular formula is C14H15N3O3S. The van der Waals surface area contributed by atoms with E-state index in [1.165, 1.54) is 30.4 Å². The molecule has 6 nitrogen and oxygen atoms in total. The average Bonchev–Trinajstić information content (AvgIpc) is 2.93. The molecule has 0 aliphatic carbocycles. The molecule has 7 heteroatoms. The van der Waals surface area contributed by atoms with Gasteiger partial charge in [-0.1, -0.05) is 12.1 Å². The number of hydrogen-bond donors (Lipinski definition) is 0. The van der Waals surface area contributed by atoms with Gasteiger partial charge in [-0.2, -0.15) is 0 Å². The highest BCUT2D eigenvalue weighted by Crippen LogP contribution is 2.25. The van der Waals surface area contributed by atoms with Crippen LogP contribution in [0.2, 0.25) is 0 Å². The quantitative estimate of drug-likeness (QED) is 0.628. The molecule has 21 heavy (non-hydrogen) atoms. The number of aromatic nitrogens is 1. The maximum atomic E-state index is 11.1. The number of hydrogen-bond acceptors (Lipinski definition) is 5. The van der Waals surface area contributed by atoms with Crippen LogP contribution in [-0.4, -0.2) is 34.3 Å². The van der Waals surface area contributed by atoms with E-state index in [9.17, 15) is 14.9 Å². The fourth-order valence-electron chi connectivity index (χ4n) is 1.76. The van der Waals surface area contributed by atoms with E-state index in [0.29, 0.717) is 13.0 Å². The van der Waals surface area contributed by atoms with Crippen molar-refractivity contribution >= 4 is 22.9 Å². The van der Waals surface area contributed by atoms with Crippen molar-refractivity contribution in [3.63, 3.8) is 0 Å². The zero-order valence-electron chi connectivity index (χ0n) is 11.8. The third-order valence-electron chi connectivity index (χ3n) is 3.10. The molecule has 0 saturated carbocycles. The van der Waals surface area contributed by atoms with Gasteiger partial charge < -0.3 is 4.90 Å². The highest BCUT2D eigenvalue weighted by atomic mass is 32.1. The second-order valence-corrected chi connectivity index (χ2v) is 5.57. The van der Waals surface area contributed by atoms with Crippen molar-refractivity contribution < 1.29 is 9.72 Å². The summed E-state index contributed by atoms with van der Waals surface area (Å²) in [5.74, 6) is 0.0189. The minimum Gasteiger partial charge on any atom is -0.346 e. The summed E-state index contributed by atoms with van der Waals surface area (Å²) in [7, 11) is 1.75. The van der Waals surface area contributed by atoms with Crippen molar-refractivity contribution in [2.75, 3.05) is 13.6 Å². The SMILES string of the molecule is CC(=O)N(C)CCc1nc(-c2cccc([N+](=O)[O-])c2)cs1. The lowest BCUT2D eigenvalue weighted by molar-refractivity contribution is -0.384. The van der Waals surface area contributed by atoms with Crippen LogP contribution in [0.25, 0.3) is 11.3 Å². The van der Waals surface area contributed by atoms with Crippen LogP contribution >= 0.6 is 11.3 Å². The minimum absolute atomic E-state index is 0.0189. The van der Waals surface area contributed by atoms with Gasteiger partial charge >= 0.3 is 0 Å². The van der Waals surface area contributed by atoms with Gasteiger partial charge in [0.2, 0.25) is 5.91 Å². The second-order valence-electron chi connectivity index (χ2n) is 4.62. The number of thiazole rings is 1. The Morgan fingerprint density at radius 1 is 1.48 bits per heavy atom. The van der Waals surface area contributed by atoms with Gasteiger partial charge in [-0.3, -0.25) is 14.9 Å². The van der Waals surface area contributed by atoms with E-state index in [0.717, 1.165) is 16.3 Å². The first kappa shape index (κ1) is 15.1. The number of rotatable bonds is 5. The molecule has 0 fully saturated rings. The molecule has 0 bridgehead atoms. The molecule has 110 valence electrons. The van der Waals surface area contributed by atoms with E-state index < -0.39 is 4.92 Å². The lowest BCUT2D eigenvalue weighted by atomic mass is 10.1. The maximum Gasteiger partial charge on any atom is 0.270 e. The summed E-state index contributed by atoms with van der Waals surface area (Å²) >= 11 is 1.49. The van der Waals surface area contributed by atoms with Gasteiger partial charge in [-0.15, -0.1) is 11.3 Å². The van der Waals surface area contributed by atoms with Gasteiger partial charge in [0.15, 0.2) is 0 Å². The van der Waals surface area contributed by atoms with Crippen LogP contribution in [0.15, 0.2) is 29.6 Å². The molecule has 2 aromatic rings. The van der Waals surface area contributed by atoms with Gasteiger partial charge in [0.1, 0.15) is 0 Å². The number of non-ortho nitro benzene ring substituents is 1. The third kappa shape index (κ3) is 3.85. The Labute approximate surface area is 126 Å².